The van der Waals surface area contributed by atoms with Gasteiger partial charge in [0, 0.05) is 12.7 Å². The van der Waals surface area contributed by atoms with Crippen molar-refractivity contribution in [2.45, 2.75) is 52.5 Å². The van der Waals surface area contributed by atoms with E-state index in [2.05, 4.69) is 55.5 Å². The zero-order valence-electron chi connectivity index (χ0n) is 13.5. The summed E-state index contributed by atoms with van der Waals surface area (Å²) in [5.41, 5.74) is 3.84. The summed E-state index contributed by atoms with van der Waals surface area (Å²) < 4.78 is 7.22. The SMILES string of the molecule is CCc1cc(OC)ccc1C(CC)Cc1cn(CC)nn1. The minimum Gasteiger partial charge on any atom is -0.497 e. The Balaban J connectivity index is 2.24. The van der Waals surface area contributed by atoms with Crippen LogP contribution in [0.15, 0.2) is 24.4 Å². The summed E-state index contributed by atoms with van der Waals surface area (Å²) in [7, 11) is 1.72. The summed E-state index contributed by atoms with van der Waals surface area (Å²) in [4.78, 5) is 0. The highest BCUT2D eigenvalue weighted by Crippen LogP contribution is 2.29. The highest BCUT2D eigenvalue weighted by Gasteiger charge is 2.16. The number of benzene rings is 1. The summed E-state index contributed by atoms with van der Waals surface area (Å²) in [5.74, 6) is 1.41. The molecule has 0 radical (unpaired) electrons. The first-order valence-electron chi connectivity index (χ1n) is 7.77. The monoisotopic (exact) mass is 287 g/mol. The smallest absolute Gasteiger partial charge is 0.119 e. The Morgan fingerprint density at radius 2 is 2.05 bits per heavy atom. The largest absolute Gasteiger partial charge is 0.497 e. The second kappa shape index (κ2) is 7.25. The fourth-order valence-corrected chi connectivity index (χ4v) is 2.73. The molecule has 21 heavy (non-hydrogen) atoms. The van der Waals surface area contributed by atoms with Crippen LogP contribution in [0.2, 0.25) is 0 Å². The van der Waals surface area contributed by atoms with Crippen molar-refractivity contribution in [2.75, 3.05) is 7.11 Å². The van der Waals surface area contributed by atoms with Crippen LogP contribution < -0.4 is 4.74 Å². The Kier molecular flexibility index (Phi) is 5.37. The predicted molar refractivity (Wildman–Crippen MR) is 84.8 cm³/mol. The van der Waals surface area contributed by atoms with Crippen LogP contribution in [0, 0.1) is 0 Å². The van der Waals surface area contributed by atoms with Gasteiger partial charge in [-0.25, -0.2) is 0 Å². The van der Waals surface area contributed by atoms with E-state index in [9.17, 15) is 0 Å². The van der Waals surface area contributed by atoms with Gasteiger partial charge < -0.3 is 4.74 Å². The summed E-state index contributed by atoms with van der Waals surface area (Å²) in [6.07, 6.45) is 5.11. The van der Waals surface area contributed by atoms with Crippen molar-refractivity contribution < 1.29 is 4.74 Å². The number of rotatable bonds is 7. The summed E-state index contributed by atoms with van der Waals surface area (Å²) >= 11 is 0. The number of aryl methyl sites for hydroxylation is 2. The Hall–Kier alpha value is -1.84. The Morgan fingerprint density at radius 1 is 1.24 bits per heavy atom. The Morgan fingerprint density at radius 3 is 2.62 bits per heavy atom. The van der Waals surface area contributed by atoms with E-state index in [0.717, 1.165) is 37.3 Å². The molecule has 2 aromatic rings. The van der Waals surface area contributed by atoms with E-state index < -0.39 is 0 Å². The van der Waals surface area contributed by atoms with E-state index >= 15 is 0 Å². The van der Waals surface area contributed by atoms with Crippen molar-refractivity contribution >= 4 is 0 Å². The van der Waals surface area contributed by atoms with Gasteiger partial charge in [0.1, 0.15) is 5.75 Å². The van der Waals surface area contributed by atoms with Crippen LogP contribution in [0.1, 0.15) is 49.9 Å². The molecule has 0 bridgehead atoms. The Bertz CT molecular complexity index is 577. The van der Waals surface area contributed by atoms with Gasteiger partial charge in [0.05, 0.1) is 12.8 Å². The first kappa shape index (κ1) is 15.5. The first-order chi connectivity index (χ1) is 10.2. The highest BCUT2D eigenvalue weighted by molar-refractivity contribution is 5.38. The molecule has 0 fully saturated rings. The number of aromatic nitrogens is 3. The summed E-state index contributed by atoms with van der Waals surface area (Å²) in [6, 6.07) is 6.41. The lowest BCUT2D eigenvalue weighted by atomic mass is 9.87. The van der Waals surface area contributed by atoms with Crippen molar-refractivity contribution in [3.05, 3.63) is 41.2 Å². The van der Waals surface area contributed by atoms with Gasteiger partial charge in [0.2, 0.25) is 0 Å². The highest BCUT2D eigenvalue weighted by atomic mass is 16.5. The van der Waals surface area contributed by atoms with Crippen molar-refractivity contribution in [2.24, 2.45) is 0 Å². The second-order valence-corrected chi connectivity index (χ2v) is 5.29. The molecule has 0 N–H and O–H groups in total. The lowest BCUT2D eigenvalue weighted by Gasteiger charge is -2.18. The number of ether oxygens (including phenoxy) is 1. The third-order valence-corrected chi connectivity index (χ3v) is 4.03. The molecular formula is C17H25N3O. The molecule has 0 amide bonds. The number of methoxy groups -OCH3 is 1. The molecular weight excluding hydrogens is 262 g/mol. The molecule has 0 aliphatic carbocycles. The molecule has 1 atom stereocenters. The summed E-state index contributed by atoms with van der Waals surface area (Å²) in [6.45, 7) is 7.37. The molecule has 0 aliphatic rings. The minimum atomic E-state index is 0.480. The van der Waals surface area contributed by atoms with Gasteiger partial charge in [-0.1, -0.05) is 25.1 Å². The predicted octanol–water partition coefficient (Wildman–Crippen LogP) is 3.61. The van der Waals surface area contributed by atoms with Gasteiger partial charge in [0.15, 0.2) is 0 Å². The zero-order valence-corrected chi connectivity index (χ0v) is 13.5. The molecule has 2 rings (SSSR count). The van der Waals surface area contributed by atoms with Gasteiger partial charge in [-0.15, -0.1) is 5.10 Å². The van der Waals surface area contributed by atoms with Gasteiger partial charge in [-0.3, -0.25) is 4.68 Å². The second-order valence-electron chi connectivity index (χ2n) is 5.29. The average molecular weight is 287 g/mol. The quantitative estimate of drug-likeness (QED) is 0.781. The molecule has 4 heteroatoms. The maximum absolute atomic E-state index is 5.34. The minimum absolute atomic E-state index is 0.480. The maximum Gasteiger partial charge on any atom is 0.119 e. The molecule has 1 aromatic carbocycles. The molecule has 1 unspecified atom stereocenters. The van der Waals surface area contributed by atoms with Crippen LogP contribution in [-0.4, -0.2) is 22.1 Å². The first-order valence-corrected chi connectivity index (χ1v) is 7.77. The fourth-order valence-electron chi connectivity index (χ4n) is 2.73. The lowest BCUT2D eigenvalue weighted by molar-refractivity contribution is 0.414. The topological polar surface area (TPSA) is 39.9 Å². The van der Waals surface area contributed by atoms with E-state index in [1.54, 1.807) is 7.11 Å². The molecule has 1 heterocycles. The molecule has 0 saturated carbocycles. The number of hydrogen-bond donors (Lipinski definition) is 0. The van der Waals surface area contributed by atoms with E-state index in [1.807, 2.05) is 4.68 Å². The summed E-state index contributed by atoms with van der Waals surface area (Å²) in [5, 5.41) is 8.41. The standard InChI is InChI=1S/C17H25N3O/c1-5-13(10-15-12-20(7-3)19-18-15)17-9-8-16(21-4)11-14(17)6-2/h8-9,11-13H,5-7,10H2,1-4H3. The van der Waals surface area contributed by atoms with Crippen LogP contribution >= 0.6 is 0 Å². The Labute approximate surface area is 127 Å². The molecule has 0 spiro atoms. The van der Waals surface area contributed by atoms with Gasteiger partial charge in [-0.05, 0) is 55.4 Å². The number of nitrogens with zero attached hydrogens (tertiary/aromatic N) is 3. The van der Waals surface area contributed by atoms with Crippen molar-refractivity contribution in [1.82, 2.24) is 15.0 Å². The average Bonchev–Trinajstić information content (AvgIpc) is 2.99. The van der Waals surface area contributed by atoms with Crippen molar-refractivity contribution in [3.63, 3.8) is 0 Å². The van der Waals surface area contributed by atoms with E-state index in [1.165, 1.54) is 11.1 Å². The lowest BCUT2D eigenvalue weighted by Crippen LogP contribution is -2.06. The normalized spacial score (nSPS) is 12.4. The van der Waals surface area contributed by atoms with E-state index in [-0.39, 0.29) is 0 Å². The van der Waals surface area contributed by atoms with Crippen molar-refractivity contribution in [1.29, 1.82) is 0 Å². The molecule has 0 saturated heterocycles. The van der Waals surface area contributed by atoms with Gasteiger partial charge >= 0.3 is 0 Å². The van der Waals surface area contributed by atoms with Crippen LogP contribution in [0.5, 0.6) is 5.75 Å². The molecule has 4 nitrogen and oxygen atoms in total. The van der Waals surface area contributed by atoms with E-state index in [0.29, 0.717) is 5.92 Å². The zero-order chi connectivity index (χ0) is 15.2. The third kappa shape index (κ3) is 3.63. The molecule has 1 aromatic heterocycles. The maximum atomic E-state index is 5.34. The molecule has 114 valence electrons. The molecule has 0 aliphatic heterocycles. The van der Waals surface area contributed by atoms with Crippen LogP contribution in [0.25, 0.3) is 0 Å². The van der Waals surface area contributed by atoms with Crippen LogP contribution in [0.4, 0.5) is 0 Å². The number of hydrogen-bond acceptors (Lipinski definition) is 3. The van der Waals surface area contributed by atoms with E-state index in [4.69, 9.17) is 4.74 Å². The van der Waals surface area contributed by atoms with Crippen LogP contribution in [-0.2, 0) is 19.4 Å². The van der Waals surface area contributed by atoms with Crippen LogP contribution in [0.3, 0.4) is 0 Å². The van der Waals surface area contributed by atoms with Gasteiger partial charge in [0.25, 0.3) is 0 Å². The van der Waals surface area contributed by atoms with Crippen molar-refractivity contribution in [3.8, 4) is 5.75 Å². The fraction of sp³-hybridized carbons (Fsp3) is 0.529. The third-order valence-electron chi connectivity index (χ3n) is 4.03. The van der Waals surface area contributed by atoms with Gasteiger partial charge in [-0.2, -0.15) is 0 Å².